The van der Waals surface area contributed by atoms with Crippen molar-refractivity contribution in [2.45, 2.75) is 0 Å². The zero-order chi connectivity index (χ0) is 13.8. The summed E-state index contributed by atoms with van der Waals surface area (Å²) in [6.07, 6.45) is 1.43. The predicted octanol–water partition coefficient (Wildman–Crippen LogP) is 1.74. The van der Waals surface area contributed by atoms with Crippen LogP contribution in [0.1, 0.15) is 20.7 Å². The van der Waals surface area contributed by atoms with Gasteiger partial charge >= 0.3 is 5.97 Å². The molecule has 0 saturated heterocycles. The van der Waals surface area contributed by atoms with Gasteiger partial charge in [0.2, 0.25) is 0 Å². The average Bonchev–Trinajstić information content (AvgIpc) is 2.41. The largest absolute Gasteiger partial charge is 0.504 e. The molecule has 19 heavy (non-hydrogen) atoms. The lowest BCUT2D eigenvalue weighted by Crippen LogP contribution is -2.13. The molecule has 0 atom stereocenters. The maximum absolute atomic E-state index is 11.8. The number of hydrogen-bond donors (Lipinski definition) is 3. The second-order valence-corrected chi connectivity index (χ2v) is 3.71. The highest BCUT2D eigenvalue weighted by atomic mass is 16.4. The number of hydrogen-bond acceptors (Lipinski definition) is 4. The smallest absolute Gasteiger partial charge is 0.335 e. The first-order valence-corrected chi connectivity index (χ1v) is 5.36. The Morgan fingerprint density at radius 1 is 1.05 bits per heavy atom. The van der Waals surface area contributed by atoms with E-state index in [9.17, 15) is 14.7 Å². The van der Waals surface area contributed by atoms with Gasteiger partial charge in [-0.15, -0.1) is 0 Å². The van der Waals surface area contributed by atoms with Crippen molar-refractivity contribution >= 4 is 17.7 Å². The van der Waals surface area contributed by atoms with Crippen LogP contribution in [0.5, 0.6) is 5.75 Å². The van der Waals surface area contributed by atoms with Gasteiger partial charge in [-0.25, -0.2) is 9.78 Å². The normalized spacial score (nSPS) is 9.89. The molecule has 0 fully saturated rings. The van der Waals surface area contributed by atoms with Crippen LogP contribution in [0.4, 0.5) is 5.82 Å². The minimum absolute atomic E-state index is 0.0508. The molecule has 6 nitrogen and oxygen atoms in total. The Labute approximate surface area is 108 Å². The van der Waals surface area contributed by atoms with Crippen molar-refractivity contribution in [1.29, 1.82) is 0 Å². The second kappa shape index (κ2) is 5.18. The summed E-state index contributed by atoms with van der Waals surface area (Å²) in [5.41, 5.74) is 0.368. The number of carbonyl (C=O) groups is 2. The third-order valence-electron chi connectivity index (χ3n) is 2.41. The van der Waals surface area contributed by atoms with Crippen molar-refractivity contribution in [3.63, 3.8) is 0 Å². The maximum Gasteiger partial charge on any atom is 0.335 e. The highest BCUT2D eigenvalue weighted by Crippen LogP contribution is 2.19. The third kappa shape index (κ3) is 2.86. The fourth-order valence-corrected chi connectivity index (χ4v) is 1.44. The molecule has 1 heterocycles. The molecular weight excluding hydrogens is 248 g/mol. The number of benzene rings is 1. The molecule has 3 N–H and O–H groups in total. The second-order valence-electron chi connectivity index (χ2n) is 3.71. The van der Waals surface area contributed by atoms with Crippen LogP contribution in [0.2, 0.25) is 0 Å². The molecule has 0 aliphatic carbocycles. The first-order valence-electron chi connectivity index (χ1n) is 5.36. The molecule has 0 saturated carbocycles. The molecule has 1 aromatic carbocycles. The van der Waals surface area contributed by atoms with E-state index in [-0.39, 0.29) is 22.7 Å². The Morgan fingerprint density at radius 3 is 2.26 bits per heavy atom. The number of rotatable bonds is 3. The molecule has 2 rings (SSSR count). The number of aromatic hydroxyl groups is 1. The fraction of sp³-hybridized carbons (Fsp3) is 0. The van der Waals surface area contributed by atoms with Gasteiger partial charge in [-0.1, -0.05) is 0 Å². The summed E-state index contributed by atoms with van der Waals surface area (Å²) >= 11 is 0. The summed E-state index contributed by atoms with van der Waals surface area (Å²) in [6.45, 7) is 0. The zero-order valence-electron chi connectivity index (χ0n) is 9.70. The Kier molecular flexibility index (Phi) is 3.42. The van der Waals surface area contributed by atoms with Crippen molar-refractivity contribution in [3.05, 3.63) is 53.7 Å². The lowest BCUT2D eigenvalue weighted by Gasteiger charge is -2.06. The monoisotopic (exact) mass is 258 g/mol. The van der Waals surface area contributed by atoms with E-state index in [1.54, 1.807) is 0 Å². The van der Waals surface area contributed by atoms with Gasteiger partial charge in [0.25, 0.3) is 5.91 Å². The van der Waals surface area contributed by atoms with E-state index < -0.39 is 11.9 Å². The fourth-order valence-electron chi connectivity index (χ4n) is 1.44. The van der Waals surface area contributed by atoms with Crippen LogP contribution >= 0.6 is 0 Å². The van der Waals surface area contributed by atoms with Gasteiger partial charge in [0.1, 0.15) is 0 Å². The summed E-state index contributed by atoms with van der Waals surface area (Å²) in [4.78, 5) is 26.3. The average molecular weight is 258 g/mol. The number of anilines is 1. The molecule has 0 radical (unpaired) electrons. The SMILES string of the molecule is O=C(O)c1ccc(C(=O)Nc2ncccc2O)cc1. The number of nitrogens with one attached hydrogen (secondary N) is 1. The number of nitrogens with zero attached hydrogens (tertiary/aromatic N) is 1. The van der Waals surface area contributed by atoms with Crippen LogP contribution in [0, 0.1) is 0 Å². The van der Waals surface area contributed by atoms with E-state index in [2.05, 4.69) is 10.3 Å². The molecule has 0 bridgehead atoms. The third-order valence-corrected chi connectivity index (χ3v) is 2.41. The van der Waals surface area contributed by atoms with Gasteiger partial charge in [-0.3, -0.25) is 4.79 Å². The molecular formula is C13H10N2O4. The first-order chi connectivity index (χ1) is 9.08. The number of carboxylic acids is 1. The van der Waals surface area contributed by atoms with E-state index in [0.29, 0.717) is 0 Å². The van der Waals surface area contributed by atoms with Crippen LogP contribution in [0.25, 0.3) is 0 Å². The topological polar surface area (TPSA) is 99.5 Å². The Balaban J connectivity index is 2.16. The first kappa shape index (κ1) is 12.6. The molecule has 1 aromatic heterocycles. The highest BCUT2D eigenvalue weighted by molar-refractivity contribution is 6.04. The van der Waals surface area contributed by atoms with Gasteiger partial charge in [0.05, 0.1) is 5.56 Å². The van der Waals surface area contributed by atoms with Crippen molar-refractivity contribution in [3.8, 4) is 5.75 Å². The van der Waals surface area contributed by atoms with Crippen LogP contribution < -0.4 is 5.32 Å². The highest BCUT2D eigenvalue weighted by Gasteiger charge is 2.10. The minimum Gasteiger partial charge on any atom is -0.504 e. The predicted molar refractivity (Wildman–Crippen MR) is 67.3 cm³/mol. The summed E-state index contributed by atoms with van der Waals surface area (Å²) in [7, 11) is 0. The summed E-state index contributed by atoms with van der Waals surface area (Å²) < 4.78 is 0. The maximum atomic E-state index is 11.8. The number of aromatic carboxylic acids is 1. The van der Waals surface area contributed by atoms with Gasteiger partial charge < -0.3 is 15.5 Å². The van der Waals surface area contributed by atoms with Crippen molar-refractivity contribution < 1.29 is 19.8 Å². The molecule has 0 unspecified atom stereocenters. The number of carboxylic acid groups (broad SMARTS) is 1. The van der Waals surface area contributed by atoms with E-state index >= 15 is 0 Å². The molecule has 2 aromatic rings. The van der Waals surface area contributed by atoms with E-state index in [0.717, 1.165) is 0 Å². The standard InChI is InChI=1S/C13H10N2O4/c16-10-2-1-7-14-11(10)15-12(17)8-3-5-9(6-4-8)13(18)19/h1-7,16H,(H,18,19)(H,14,15,17). The van der Waals surface area contributed by atoms with E-state index in [4.69, 9.17) is 5.11 Å². The number of aromatic nitrogens is 1. The molecule has 96 valence electrons. The van der Waals surface area contributed by atoms with Crippen LogP contribution in [-0.4, -0.2) is 27.1 Å². The van der Waals surface area contributed by atoms with Crippen LogP contribution in [0.15, 0.2) is 42.6 Å². The van der Waals surface area contributed by atoms with E-state index in [1.807, 2.05) is 0 Å². The van der Waals surface area contributed by atoms with Gasteiger partial charge in [-0.2, -0.15) is 0 Å². The summed E-state index contributed by atoms with van der Waals surface area (Å²) in [5.74, 6) is -1.63. The molecule has 6 heteroatoms. The Morgan fingerprint density at radius 2 is 1.68 bits per heavy atom. The number of carbonyl (C=O) groups excluding carboxylic acids is 1. The summed E-state index contributed by atoms with van der Waals surface area (Å²) in [6, 6.07) is 8.37. The number of pyridine rings is 1. The van der Waals surface area contributed by atoms with Crippen molar-refractivity contribution in [1.82, 2.24) is 4.98 Å². The van der Waals surface area contributed by atoms with Crippen LogP contribution in [0.3, 0.4) is 0 Å². The van der Waals surface area contributed by atoms with Crippen molar-refractivity contribution in [2.24, 2.45) is 0 Å². The molecule has 0 spiro atoms. The Bertz CT molecular complexity index is 623. The van der Waals surface area contributed by atoms with Gasteiger partial charge in [-0.05, 0) is 36.4 Å². The lowest BCUT2D eigenvalue weighted by molar-refractivity contribution is 0.0696. The lowest BCUT2D eigenvalue weighted by atomic mass is 10.1. The quantitative estimate of drug-likeness (QED) is 0.778. The van der Waals surface area contributed by atoms with Gasteiger partial charge in [0.15, 0.2) is 11.6 Å². The zero-order valence-corrected chi connectivity index (χ0v) is 9.70. The molecule has 0 aliphatic rings. The molecule has 1 amide bonds. The Hall–Kier alpha value is -2.89. The van der Waals surface area contributed by atoms with Gasteiger partial charge in [0, 0.05) is 11.8 Å². The minimum atomic E-state index is -1.06. The van der Waals surface area contributed by atoms with Crippen molar-refractivity contribution in [2.75, 3.05) is 5.32 Å². The molecule has 0 aliphatic heterocycles. The van der Waals surface area contributed by atoms with Crippen LogP contribution in [-0.2, 0) is 0 Å². The number of amides is 1. The summed E-state index contributed by atoms with van der Waals surface area (Å²) in [5, 5.41) is 20.6. The van der Waals surface area contributed by atoms with E-state index in [1.165, 1.54) is 42.6 Å².